The van der Waals surface area contributed by atoms with E-state index in [0.717, 1.165) is 0 Å². The summed E-state index contributed by atoms with van der Waals surface area (Å²) in [6.07, 6.45) is 0. The topological polar surface area (TPSA) is 0 Å². The van der Waals surface area contributed by atoms with Crippen LogP contribution in [0.5, 0.6) is 0 Å². The van der Waals surface area contributed by atoms with Crippen molar-refractivity contribution in [2.24, 2.45) is 0 Å². The number of hydrogen-bond donors (Lipinski definition) is 0. The maximum absolute atomic E-state index is 2.73. The standard InChI is InChI=1S/C44H37BP2/c1-8-22-38(23-9-1)45(36-46(39-24-10-2-11-25-39,40-26-12-3-13-27-40)41-28-14-4-15-29-41)37-47(42-30-16-5-17-31-42,43-32-18-6-19-33-43)44-34-20-7-21-35-44/h1-37H. The van der Waals surface area contributed by atoms with E-state index in [-0.39, 0.29) is 6.71 Å². The average molecular weight is 639 g/mol. The van der Waals surface area contributed by atoms with E-state index in [1.165, 1.54) is 37.3 Å². The first-order valence-corrected chi connectivity index (χ1v) is 19.9. The van der Waals surface area contributed by atoms with Crippen LogP contribution in [0.1, 0.15) is 0 Å². The summed E-state index contributed by atoms with van der Waals surface area (Å²) in [5, 5.41) is 8.14. The first kappa shape index (κ1) is 30.8. The van der Waals surface area contributed by atoms with Crippen LogP contribution < -0.4 is 37.3 Å². The van der Waals surface area contributed by atoms with Crippen molar-refractivity contribution >= 4 is 69.2 Å². The van der Waals surface area contributed by atoms with Crippen LogP contribution >= 0.6 is 13.8 Å². The Labute approximate surface area is 280 Å². The average Bonchev–Trinajstić information content (AvgIpc) is 3.18. The van der Waals surface area contributed by atoms with Gasteiger partial charge in [-0.1, -0.05) is 229 Å². The number of hydrogen-bond acceptors (Lipinski definition) is 0. The second kappa shape index (κ2) is 14.3. The van der Waals surface area contributed by atoms with Gasteiger partial charge in [-0.15, -0.1) is 0 Å². The fourth-order valence-corrected chi connectivity index (χ4v) is 15.0. The summed E-state index contributed by atoms with van der Waals surface area (Å²) in [6, 6.07) is 78.2. The minimum Gasteiger partial charge on any atom is -0.0954 e. The Morgan fingerprint density at radius 3 is 0.660 bits per heavy atom. The van der Waals surface area contributed by atoms with Gasteiger partial charge in [0.05, 0.1) is 0 Å². The Morgan fingerprint density at radius 1 is 0.255 bits per heavy atom. The van der Waals surface area contributed by atoms with Crippen LogP contribution in [0.25, 0.3) is 0 Å². The van der Waals surface area contributed by atoms with Gasteiger partial charge in [0.25, 0.3) is 0 Å². The Hall–Kier alpha value is -4.80. The molecule has 0 bridgehead atoms. The van der Waals surface area contributed by atoms with Crippen molar-refractivity contribution in [3.05, 3.63) is 212 Å². The molecule has 0 N–H and O–H groups in total. The lowest BCUT2D eigenvalue weighted by Gasteiger charge is -2.33. The molecule has 0 aromatic heterocycles. The van der Waals surface area contributed by atoms with Crippen LogP contribution in [-0.4, -0.2) is 18.1 Å². The third kappa shape index (κ3) is 6.18. The second-order valence-electron chi connectivity index (χ2n) is 11.7. The second-order valence-corrected chi connectivity index (χ2v) is 18.3. The Bertz CT molecular complexity index is 1770. The molecule has 0 saturated heterocycles. The van der Waals surface area contributed by atoms with Crippen molar-refractivity contribution in [1.82, 2.24) is 0 Å². The van der Waals surface area contributed by atoms with Gasteiger partial charge in [-0.05, 0) is 45.6 Å². The van der Waals surface area contributed by atoms with E-state index in [1.54, 1.807) is 0 Å². The largest absolute Gasteiger partial charge is 0.228 e. The zero-order valence-corrected chi connectivity index (χ0v) is 28.1. The van der Waals surface area contributed by atoms with E-state index >= 15 is 0 Å². The molecule has 0 unspecified atom stereocenters. The van der Waals surface area contributed by atoms with Gasteiger partial charge in [-0.25, -0.2) is 0 Å². The smallest absolute Gasteiger partial charge is 0.0954 e. The van der Waals surface area contributed by atoms with Crippen molar-refractivity contribution in [3.8, 4) is 0 Å². The molecular weight excluding hydrogens is 601 g/mol. The molecule has 0 spiro atoms. The van der Waals surface area contributed by atoms with Crippen LogP contribution in [0.3, 0.4) is 0 Å². The van der Waals surface area contributed by atoms with Gasteiger partial charge in [0.1, 0.15) is 0 Å². The fourth-order valence-electron chi connectivity index (χ4n) is 6.76. The molecule has 0 aliphatic carbocycles. The van der Waals surface area contributed by atoms with Gasteiger partial charge < -0.3 is 0 Å². The fraction of sp³-hybridized carbons (Fsp3) is 0. The first-order chi connectivity index (χ1) is 23.3. The molecule has 0 fully saturated rings. The highest BCUT2D eigenvalue weighted by atomic mass is 31.2. The Morgan fingerprint density at radius 2 is 0.447 bits per heavy atom. The molecule has 0 heterocycles. The van der Waals surface area contributed by atoms with Gasteiger partial charge >= 0.3 is 0 Å². The summed E-state index contributed by atoms with van der Waals surface area (Å²) in [7, 11) is 0. The van der Waals surface area contributed by atoms with Gasteiger partial charge in [-0.3, -0.25) is 0 Å². The molecule has 7 aromatic carbocycles. The summed E-state index contributed by atoms with van der Waals surface area (Å²) < 4.78 is 0. The minimum absolute atomic E-state index is 0.0269. The lowest BCUT2D eigenvalue weighted by Crippen LogP contribution is -2.41. The Balaban J connectivity index is 1.68. The maximum Gasteiger partial charge on any atom is 0.228 e. The highest BCUT2D eigenvalue weighted by Crippen LogP contribution is 2.46. The van der Waals surface area contributed by atoms with E-state index in [4.69, 9.17) is 0 Å². The van der Waals surface area contributed by atoms with Crippen molar-refractivity contribution in [1.29, 1.82) is 0 Å². The molecule has 7 rings (SSSR count). The summed E-state index contributed by atoms with van der Waals surface area (Å²) in [4.78, 5) is 0. The summed E-state index contributed by atoms with van der Waals surface area (Å²) in [5.41, 5.74) is 6.75. The number of rotatable bonds is 9. The molecule has 47 heavy (non-hydrogen) atoms. The molecule has 3 heteroatoms. The molecular formula is C44H37BP2. The molecule has 0 aliphatic rings. The van der Waals surface area contributed by atoms with Gasteiger partial charge in [0.2, 0.25) is 6.71 Å². The molecule has 0 amide bonds. The monoisotopic (exact) mass is 638 g/mol. The lowest BCUT2D eigenvalue weighted by molar-refractivity contribution is 1.73. The quantitative estimate of drug-likeness (QED) is 0.117. The molecule has 226 valence electrons. The molecule has 7 aromatic rings. The summed E-state index contributed by atoms with van der Waals surface area (Å²) in [6.45, 7) is -4.52. The van der Waals surface area contributed by atoms with Crippen molar-refractivity contribution in [3.63, 3.8) is 0 Å². The molecule has 0 radical (unpaired) electrons. The number of benzene rings is 7. The first-order valence-electron chi connectivity index (χ1n) is 16.2. The maximum atomic E-state index is 2.73. The third-order valence-electron chi connectivity index (χ3n) is 8.93. The van der Waals surface area contributed by atoms with Crippen molar-refractivity contribution in [2.45, 2.75) is 0 Å². The predicted octanol–water partition coefficient (Wildman–Crippen LogP) is 7.06. The van der Waals surface area contributed by atoms with E-state index < -0.39 is 13.8 Å². The van der Waals surface area contributed by atoms with Gasteiger partial charge in [0, 0.05) is 0 Å². The molecule has 0 saturated carbocycles. The van der Waals surface area contributed by atoms with E-state index in [0.29, 0.717) is 0 Å². The highest BCUT2D eigenvalue weighted by Gasteiger charge is 2.32. The molecule has 0 atom stereocenters. The SMILES string of the molecule is C(B(C=P(c1ccccc1)(c1ccccc1)c1ccccc1)c1ccccc1)=P(c1ccccc1)(c1ccccc1)c1ccccc1. The zero-order chi connectivity index (χ0) is 31.8. The molecule has 0 nitrogen and oxygen atoms in total. The van der Waals surface area contributed by atoms with Crippen molar-refractivity contribution in [2.75, 3.05) is 0 Å². The van der Waals surface area contributed by atoms with E-state index in [2.05, 4.69) is 224 Å². The van der Waals surface area contributed by atoms with Crippen LogP contribution in [0.4, 0.5) is 0 Å². The summed E-state index contributed by atoms with van der Waals surface area (Å²) in [5.74, 6) is 0. The third-order valence-corrected chi connectivity index (χ3v) is 17.1. The molecule has 0 aliphatic heterocycles. The van der Waals surface area contributed by atoms with Crippen LogP contribution in [0, 0.1) is 0 Å². The minimum atomic E-state index is -2.27. The Kier molecular flexibility index (Phi) is 9.39. The van der Waals surface area contributed by atoms with E-state index in [1.807, 2.05) is 0 Å². The van der Waals surface area contributed by atoms with Crippen LogP contribution in [-0.2, 0) is 0 Å². The van der Waals surface area contributed by atoms with Crippen LogP contribution in [0.15, 0.2) is 212 Å². The van der Waals surface area contributed by atoms with Crippen LogP contribution in [0.2, 0.25) is 0 Å². The summed E-state index contributed by atoms with van der Waals surface area (Å²) >= 11 is 0. The predicted molar refractivity (Wildman–Crippen MR) is 214 cm³/mol. The van der Waals surface area contributed by atoms with E-state index in [9.17, 15) is 0 Å². The van der Waals surface area contributed by atoms with Crippen molar-refractivity contribution < 1.29 is 0 Å². The van der Waals surface area contributed by atoms with Gasteiger partial charge in [-0.2, -0.15) is 0 Å². The van der Waals surface area contributed by atoms with Gasteiger partial charge in [0.15, 0.2) is 0 Å². The zero-order valence-electron chi connectivity index (χ0n) is 26.3. The normalized spacial score (nSPS) is 11.4. The highest BCUT2D eigenvalue weighted by molar-refractivity contribution is 8.00. The lowest BCUT2D eigenvalue weighted by atomic mass is 9.49.